The van der Waals surface area contributed by atoms with E-state index in [0.717, 1.165) is 0 Å². The number of rotatable bonds is 6. The van der Waals surface area contributed by atoms with Crippen LogP contribution in [0.25, 0.3) is 10.1 Å². The first-order chi connectivity index (χ1) is 10.0. The number of nitrogen functional groups attached to an aromatic ring is 1. The lowest BCUT2D eigenvalue weighted by Crippen LogP contribution is -2.27. The highest BCUT2D eigenvalue weighted by Gasteiger charge is 2.18. The molecule has 0 bridgehead atoms. The van der Waals surface area contributed by atoms with Gasteiger partial charge in [0.15, 0.2) is 0 Å². The molecule has 0 saturated carbocycles. The maximum absolute atomic E-state index is 13.7. The molecule has 21 heavy (non-hydrogen) atoms. The molecule has 114 valence electrons. The van der Waals surface area contributed by atoms with E-state index in [1.54, 1.807) is 12.1 Å². The summed E-state index contributed by atoms with van der Waals surface area (Å²) in [5.74, 6) is -0.233. The fourth-order valence-electron chi connectivity index (χ4n) is 1.93. The number of anilines is 1. The average Bonchev–Trinajstić information content (AvgIpc) is 2.76. The summed E-state index contributed by atoms with van der Waals surface area (Å²) in [5, 5.41) is 3.06. The molecular weight excluding hydrogens is 291 g/mol. The summed E-state index contributed by atoms with van der Waals surface area (Å²) in [5.41, 5.74) is 6.09. The summed E-state index contributed by atoms with van der Waals surface area (Å²) < 4.78 is 19.8. The summed E-state index contributed by atoms with van der Waals surface area (Å²) in [4.78, 5) is 12.4. The molecule has 0 spiro atoms. The van der Waals surface area contributed by atoms with E-state index in [4.69, 9.17) is 10.5 Å². The second kappa shape index (κ2) is 6.87. The molecule has 0 radical (unpaired) electrons. The zero-order chi connectivity index (χ0) is 15.4. The summed E-state index contributed by atoms with van der Waals surface area (Å²) in [7, 11) is 0. The Kier molecular flexibility index (Phi) is 5.14. The molecule has 0 unspecified atom stereocenters. The van der Waals surface area contributed by atoms with Crippen molar-refractivity contribution in [3.05, 3.63) is 28.9 Å². The fourth-order valence-corrected chi connectivity index (χ4v) is 2.99. The van der Waals surface area contributed by atoms with E-state index in [1.807, 2.05) is 0 Å². The summed E-state index contributed by atoms with van der Waals surface area (Å²) in [6.07, 6.45) is 0. The third-order valence-corrected chi connectivity index (χ3v) is 4.06. The largest absolute Gasteiger partial charge is 0.397 e. The zero-order valence-electron chi connectivity index (χ0n) is 12.1. The minimum atomic E-state index is -0.402. The van der Waals surface area contributed by atoms with Crippen LogP contribution in [-0.4, -0.2) is 25.7 Å². The maximum Gasteiger partial charge on any atom is 0.263 e. The number of carbonyl (C=O) groups excluding carboxylic acids is 1. The number of fused-ring (bicyclic) bond motifs is 1. The standard InChI is InChI=1S/C15H19FN2O2S/c1-9(2)8-20-7-6-18-15(19)14-13(17)12-10(16)4-3-5-11(12)21-14/h3-5,9H,6-8,17H2,1-2H3,(H,18,19). The predicted octanol–water partition coefficient (Wildman–Crippen LogP) is 3.03. The van der Waals surface area contributed by atoms with Gasteiger partial charge < -0.3 is 15.8 Å². The average molecular weight is 310 g/mol. The van der Waals surface area contributed by atoms with E-state index in [0.29, 0.717) is 40.6 Å². The number of halogens is 1. The monoisotopic (exact) mass is 310 g/mol. The van der Waals surface area contributed by atoms with E-state index in [-0.39, 0.29) is 11.6 Å². The lowest BCUT2D eigenvalue weighted by atomic mass is 10.2. The minimum Gasteiger partial charge on any atom is -0.397 e. The topological polar surface area (TPSA) is 64.3 Å². The number of benzene rings is 1. The Labute approximate surface area is 127 Å². The lowest BCUT2D eigenvalue weighted by molar-refractivity contribution is 0.0890. The molecule has 3 N–H and O–H groups in total. The maximum atomic E-state index is 13.7. The number of amides is 1. The van der Waals surface area contributed by atoms with Crippen LogP contribution in [-0.2, 0) is 4.74 Å². The van der Waals surface area contributed by atoms with Crippen molar-refractivity contribution in [1.29, 1.82) is 0 Å². The SMILES string of the molecule is CC(C)COCCNC(=O)c1sc2cccc(F)c2c1N. The van der Waals surface area contributed by atoms with Gasteiger partial charge in [-0.25, -0.2) is 4.39 Å². The van der Waals surface area contributed by atoms with Crippen LogP contribution in [0.3, 0.4) is 0 Å². The van der Waals surface area contributed by atoms with Gasteiger partial charge in [-0.05, 0) is 18.1 Å². The van der Waals surface area contributed by atoms with Crippen molar-refractivity contribution < 1.29 is 13.9 Å². The quantitative estimate of drug-likeness (QED) is 0.806. The van der Waals surface area contributed by atoms with Crippen molar-refractivity contribution in [2.24, 2.45) is 5.92 Å². The first-order valence-electron chi connectivity index (χ1n) is 6.83. The Bertz CT molecular complexity index is 640. The predicted molar refractivity (Wildman–Crippen MR) is 84.2 cm³/mol. The fraction of sp³-hybridized carbons (Fsp3) is 0.400. The van der Waals surface area contributed by atoms with Crippen LogP contribution in [0.15, 0.2) is 18.2 Å². The van der Waals surface area contributed by atoms with Gasteiger partial charge in [-0.3, -0.25) is 4.79 Å². The van der Waals surface area contributed by atoms with Gasteiger partial charge in [0.1, 0.15) is 10.7 Å². The number of carbonyl (C=O) groups is 1. The van der Waals surface area contributed by atoms with Gasteiger partial charge in [-0.2, -0.15) is 0 Å². The molecule has 2 aromatic rings. The van der Waals surface area contributed by atoms with Gasteiger partial charge in [-0.1, -0.05) is 19.9 Å². The molecular formula is C15H19FN2O2S. The number of thiophene rings is 1. The van der Waals surface area contributed by atoms with Crippen molar-refractivity contribution in [2.75, 3.05) is 25.5 Å². The first kappa shape index (κ1) is 15.7. The molecule has 4 nitrogen and oxygen atoms in total. The van der Waals surface area contributed by atoms with Crippen molar-refractivity contribution in [3.8, 4) is 0 Å². The second-order valence-electron chi connectivity index (χ2n) is 5.18. The molecule has 1 heterocycles. The molecule has 0 atom stereocenters. The molecule has 0 saturated heterocycles. The first-order valence-corrected chi connectivity index (χ1v) is 7.64. The van der Waals surface area contributed by atoms with Crippen molar-refractivity contribution in [3.63, 3.8) is 0 Å². The zero-order valence-corrected chi connectivity index (χ0v) is 12.9. The molecule has 0 aliphatic carbocycles. The number of nitrogens with two attached hydrogens (primary N) is 1. The normalized spacial score (nSPS) is 11.2. The Morgan fingerprint density at radius 2 is 2.24 bits per heavy atom. The molecule has 0 fully saturated rings. The van der Waals surface area contributed by atoms with Gasteiger partial charge >= 0.3 is 0 Å². The molecule has 0 aliphatic rings. The number of hydrogen-bond acceptors (Lipinski definition) is 4. The van der Waals surface area contributed by atoms with Crippen molar-refractivity contribution >= 4 is 33.0 Å². The number of ether oxygens (including phenoxy) is 1. The van der Waals surface area contributed by atoms with E-state index >= 15 is 0 Å². The second-order valence-corrected chi connectivity index (χ2v) is 6.23. The van der Waals surface area contributed by atoms with Crippen molar-refractivity contribution in [1.82, 2.24) is 5.32 Å². The molecule has 6 heteroatoms. The summed E-state index contributed by atoms with van der Waals surface area (Å²) >= 11 is 1.20. The van der Waals surface area contributed by atoms with Crippen LogP contribution < -0.4 is 11.1 Å². The molecule has 1 amide bonds. The van der Waals surface area contributed by atoms with Crippen LogP contribution in [0.4, 0.5) is 10.1 Å². The van der Waals surface area contributed by atoms with Crippen LogP contribution in [0, 0.1) is 11.7 Å². The number of hydrogen-bond donors (Lipinski definition) is 2. The molecule has 0 aliphatic heterocycles. The Morgan fingerprint density at radius 3 is 2.90 bits per heavy atom. The third kappa shape index (κ3) is 3.71. The van der Waals surface area contributed by atoms with Gasteiger partial charge in [-0.15, -0.1) is 11.3 Å². The third-order valence-electron chi connectivity index (χ3n) is 2.89. The van der Waals surface area contributed by atoms with Crippen LogP contribution in [0.2, 0.25) is 0 Å². The summed E-state index contributed by atoms with van der Waals surface area (Å²) in [6, 6.07) is 4.70. The number of nitrogens with one attached hydrogen (secondary N) is 1. The molecule has 1 aromatic heterocycles. The van der Waals surface area contributed by atoms with Crippen LogP contribution >= 0.6 is 11.3 Å². The summed E-state index contributed by atoms with van der Waals surface area (Å²) in [6.45, 7) is 5.63. The highest BCUT2D eigenvalue weighted by atomic mass is 32.1. The highest BCUT2D eigenvalue weighted by molar-refractivity contribution is 7.21. The van der Waals surface area contributed by atoms with Gasteiger partial charge in [0.05, 0.1) is 17.7 Å². The van der Waals surface area contributed by atoms with E-state index < -0.39 is 5.82 Å². The Morgan fingerprint density at radius 1 is 1.48 bits per heavy atom. The Hall–Kier alpha value is -1.66. The van der Waals surface area contributed by atoms with Crippen molar-refractivity contribution in [2.45, 2.75) is 13.8 Å². The van der Waals surface area contributed by atoms with E-state index in [2.05, 4.69) is 19.2 Å². The molecule has 2 rings (SSSR count). The van der Waals surface area contributed by atoms with Crippen LogP contribution in [0.5, 0.6) is 0 Å². The smallest absolute Gasteiger partial charge is 0.263 e. The van der Waals surface area contributed by atoms with Gasteiger partial charge in [0.2, 0.25) is 0 Å². The lowest BCUT2D eigenvalue weighted by Gasteiger charge is -2.07. The highest BCUT2D eigenvalue weighted by Crippen LogP contribution is 2.35. The minimum absolute atomic E-state index is 0.202. The van der Waals surface area contributed by atoms with Gasteiger partial charge in [0, 0.05) is 17.9 Å². The van der Waals surface area contributed by atoms with Crippen LogP contribution in [0.1, 0.15) is 23.5 Å². The van der Waals surface area contributed by atoms with E-state index in [9.17, 15) is 9.18 Å². The van der Waals surface area contributed by atoms with Gasteiger partial charge in [0.25, 0.3) is 5.91 Å². The van der Waals surface area contributed by atoms with E-state index in [1.165, 1.54) is 17.4 Å². The Balaban J connectivity index is 2.00. The molecule has 1 aromatic carbocycles.